The van der Waals surface area contributed by atoms with Gasteiger partial charge in [-0.2, -0.15) is 5.06 Å². The fourth-order valence-electron chi connectivity index (χ4n) is 5.15. The SMILES string of the molecule is C[C@@H]1C2CC3(COC4(CCCCC4)OC3)N(O2)[C@@H]1c1ccccc1. The highest BCUT2D eigenvalue weighted by atomic mass is 16.7. The summed E-state index contributed by atoms with van der Waals surface area (Å²) in [5.74, 6) is 0.198. The highest BCUT2D eigenvalue weighted by Crippen LogP contribution is 2.54. The molecule has 0 aromatic heterocycles. The van der Waals surface area contributed by atoms with Gasteiger partial charge in [0.2, 0.25) is 0 Å². The van der Waals surface area contributed by atoms with Gasteiger partial charge in [0.1, 0.15) is 0 Å². The van der Waals surface area contributed by atoms with Crippen molar-refractivity contribution in [3.05, 3.63) is 35.9 Å². The van der Waals surface area contributed by atoms with Crippen LogP contribution in [0.4, 0.5) is 0 Å². The second-order valence-corrected chi connectivity index (χ2v) is 8.16. The minimum Gasteiger partial charge on any atom is -0.348 e. The van der Waals surface area contributed by atoms with Crippen molar-refractivity contribution in [1.29, 1.82) is 0 Å². The average molecular weight is 329 g/mol. The molecule has 4 nitrogen and oxygen atoms in total. The van der Waals surface area contributed by atoms with Gasteiger partial charge in [0.05, 0.1) is 30.9 Å². The van der Waals surface area contributed by atoms with E-state index in [4.69, 9.17) is 14.3 Å². The predicted molar refractivity (Wildman–Crippen MR) is 90.1 cm³/mol. The molecule has 130 valence electrons. The van der Waals surface area contributed by atoms with Crippen molar-refractivity contribution in [3.8, 4) is 0 Å². The summed E-state index contributed by atoms with van der Waals surface area (Å²) < 4.78 is 12.7. The summed E-state index contributed by atoms with van der Waals surface area (Å²) in [7, 11) is 0. The van der Waals surface area contributed by atoms with Crippen molar-refractivity contribution in [2.24, 2.45) is 5.92 Å². The Hall–Kier alpha value is -0.940. The molecule has 4 heteroatoms. The largest absolute Gasteiger partial charge is 0.348 e. The van der Waals surface area contributed by atoms with Crippen LogP contribution < -0.4 is 0 Å². The summed E-state index contributed by atoms with van der Waals surface area (Å²) in [6.07, 6.45) is 7.15. The summed E-state index contributed by atoms with van der Waals surface area (Å²) in [6.45, 7) is 3.78. The Labute approximate surface area is 144 Å². The van der Waals surface area contributed by atoms with Gasteiger partial charge in [-0.25, -0.2) is 0 Å². The first-order valence-electron chi connectivity index (χ1n) is 9.51. The number of fused-ring (bicyclic) bond motifs is 3. The van der Waals surface area contributed by atoms with E-state index in [9.17, 15) is 0 Å². The molecule has 3 saturated heterocycles. The Balaban J connectivity index is 1.38. The molecule has 4 fully saturated rings. The number of piperidine rings is 1. The molecule has 0 amide bonds. The van der Waals surface area contributed by atoms with E-state index >= 15 is 0 Å². The molecular formula is C20H27NO3. The summed E-state index contributed by atoms with van der Waals surface area (Å²) in [6, 6.07) is 11.0. The highest BCUT2D eigenvalue weighted by molar-refractivity contribution is 5.24. The molecule has 3 aliphatic heterocycles. The third-order valence-corrected chi connectivity index (χ3v) is 6.60. The van der Waals surface area contributed by atoms with E-state index in [-0.39, 0.29) is 17.4 Å². The maximum atomic E-state index is 6.37. The second kappa shape index (κ2) is 5.53. The van der Waals surface area contributed by atoms with Gasteiger partial charge in [-0.3, -0.25) is 4.84 Å². The van der Waals surface area contributed by atoms with Gasteiger partial charge in [-0.1, -0.05) is 43.7 Å². The Bertz CT molecular complexity index is 588. The standard InChI is InChI=1S/C20H27NO3/c1-15-17-12-19(13-22-20(23-14-19)10-6-3-7-11-20)21(24-17)18(15)16-8-4-2-5-9-16/h2,4-5,8-9,15,17-18H,3,6-7,10-14H2,1H3/t15-,17?,18+/m1/s1. The molecule has 1 aromatic carbocycles. The normalized spacial score (nSPS) is 39.5. The van der Waals surface area contributed by atoms with E-state index in [1.165, 1.54) is 24.8 Å². The Kier molecular flexibility index (Phi) is 3.53. The van der Waals surface area contributed by atoms with Gasteiger partial charge >= 0.3 is 0 Å². The summed E-state index contributed by atoms with van der Waals surface area (Å²) in [5.41, 5.74) is 1.23. The first-order chi connectivity index (χ1) is 11.7. The smallest absolute Gasteiger partial charge is 0.168 e. The molecule has 4 aliphatic rings. The van der Waals surface area contributed by atoms with Gasteiger partial charge in [-0.05, 0) is 18.4 Å². The zero-order valence-corrected chi connectivity index (χ0v) is 14.4. The van der Waals surface area contributed by atoms with Crippen LogP contribution in [0.1, 0.15) is 57.1 Å². The van der Waals surface area contributed by atoms with Gasteiger partial charge < -0.3 is 9.47 Å². The molecule has 4 atom stereocenters. The Morgan fingerprint density at radius 1 is 1.00 bits per heavy atom. The molecule has 2 bridgehead atoms. The van der Waals surface area contributed by atoms with Crippen LogP contribution in [-0.2, 0) is 14.3 Å². The maximum absolute atomic E-state index is 6.37. The number of hydrogen-bond acceptors (Lipinski definition) is 4. The number of ether oxygens (including phenoxy) is 2. The molecule has 2 spiro atoms. The zero-order chi connectivity index (χ0) is 16.2. The fraction of sp³-hybridized carbons (Fsp3) is 0.700. The molecule has 5 rings (SSSR count). The monoisotopic (exact) mass is 329 g/mol. The number of hydrogen-bond donors (Lipinski definition) is 0. The number of rotatable bonds is 1. The van der Waals surface area contributed by atoms with E-state index < -0.39 is 0 Å². The van der Waals surface area contributed by atoms with Crippen molar-refractivity contribution >= 4 is 0 Å². The molecular weight excluding hydrogens is 302 g/mol. The molecule has 2 unspecified atom stereocenters. The second-order valence-electron chi connectivity index (χ2n) is 8.16. The molecule has 3 heterocycles. The third kappa shape index (κ3) is 2.20. The van der Waals surface area contributed by atoms with Crippen LogP contribution in [-0.4, -0.2) is 35.7 Å². The van der Waals surface area contributed by atoms with Crippen molar-refractivity contribution in [3.63, 3.8) is 0 Å². The van der Waals surface area contributed by atoms with Crippen LogP contribution in [0.2, 0.25) is 0 Å². The topological polar surface area (TPSA) is 30.9 Å². The lowest BCUT2D eigenvalue weighted by Gasteiger charge is -2.51. The first kappa shape index (κ1) is 15.3. The summed E-state index contributed by atoms with van der Waals surface area (Å²) in [4.78, 5) is 6.29. The van der Waals surface area contributed by atoms with Crippen molar-refractivity contribution in [2.75, 3.05) is 13.2 Å². The molecule has 1 aromatic rings. The lowest BCUT2D eigenvalue weighted by Crippen LogP contribution is -2.61. The van der Waals surface area contributed by atoms with Crippen LogP contribution in [0.5, 0.6) is 0 Å². The van der Waals surface area contributed by atoms with Crippen molar-refractivity contribution in [1.82, 2.24) is 5.06 Å². The van der Waals surface area contributed by atoms with Gasteiger partial charge in [0.25, 0.3) is 0 Å². The third-order valence-electron chi connectivity index (χ3n) is 6.60. The van der Waals surface area contributed by atoms with E-state index in [2.05, 4.69) is 42.3 Å². The van der Waals surface area contributed by atoms with E-state index in [1.54, 1.807) is 0 Å². The summed E-state index contributed by atoms with van der Waals surface area (Å²) in [5, 5.41) is 2.23. The van der Waals surface area contributed by atoms with Crippen LogP contribution in [0.3, 0.4) is 0 Å². The zero-order valence-electron chi connectivity index (χ0n) is 14.4. The predicted octanol–water partition coefficient (Wildman–Crippen LogP) is 3.83. The quantitative estimate of drug-likeness (QED) is 0.783. The lowest BCUT2D eigenvalue weighted by atomic mass is 9.78. The van der Waals surface area contributed by atoms with E-state index in [1.807, 2.05) is 0 Å². The average Bonchev–Trinajstić information content (AvgIpc) is 3.15. The van der Waals surface area contributed by atoms with E-state index in [0.29, 0.717) is 12.0 Å². The van der Waals surface area contributed by atoms with Crippen LogP contribution in [0.25, 0.3) is 0 Å². The minimum atomic E-state index is -0.305. The molecule has 1 aliphatic carbocycles. The van der Waals surface area contributed by atoms with Crippen LogP contribution in [0.15, 0.2) is 30.3 Å². The summed E-state index contributed by atoms with van der Waals surface area (Å²) >= 11 is 0. The molecule has 0 N–H and O–H groups in total. The number of nitrogens with zero attached hydrogens (tertiary/aromatic N) is 1. The lowest BCUT2D eigenvalue weighted by molar-refractivity contribution is -0.334. The Morgan fingerprint density at radius 2 is 1.71 bits per heavy atom. The molecule has 24 heavy (non-hydrogen) atoms. The van der Waals surface area contributed by atoms with Crippen molar-refractivity contribution in [2.45, 2.75) is 68.9 Å². The number of hydroxylamine groups is 2. The van der Waals surface area contributed by atoms with E-state index in [0.717, 1.165) is 32.5 Å². The molecule has 0 radical (unpaired) electrons. The van der Waals surface area contributed by atoms with Gasteiger partial charge in [0.15, 0.2) is 5.79 Å². The maximum Gasteiger partial charge on any atom is 0.168 e. The fourth-order valence-corrected chi connectivity index (χ4v) is 5.15. The van der Waals surface area contributed by atoms with Crippen LogP contribution >= 0.6 is 0 Å². The first-order valence-corrected chi connectivity index (χ1v) is 9.51. The van der Waals surface area contributed by atoms with Gasteiger partial charge in [0, 0.05) is 25.2 Å². The minimum absolute atomic E-state index is 0.111. The van der Waals surface area contributed by atoms with Crippen LogP contribution in [0, 0.1) is 5.92 Å². The van der Waals surface area contributed by atoms with Gasteiger partial charge in [-0.15, -0.1) is 0 Å². The number of benzene rings is 1. The van der Waals surface area contributed by atoms with Crippen molar-refractivity contribution < 1.29 is 14.3 Å². The molecule has 1 saturated carbocycles. The highest BCUT2D eigenvalue weighted by Gasteiger charge is 2.62. The Morgan fingerprint density at radius 3 is 2.38 bits per heavy atom.